The zero-order valence-corrected chi connectivity index (χ0v) is 13.2. The standard InChI is InChI=1S/C15H13N5.2ClH/c16-11-5-9-3-1-2-4-12(9)20-15(11)14-10-6-17-7-13(10)18-8-19-14;;/h1-5,8,17H,6-7,16H2;2*1H. The average Bonchev–Trinajstić information content (AvgIpc) is 2.95. The van der Waals surface area contributed by atoms with E-state index in [-0.39, 0.29) is 24.8 Å². The van der Waals surface area contributed by atoms with Gasteiger partial charge in [0.25, 0.3) is 0 Å². The monoisotopic (exact) mass is 335 g/mol. The number of hydrogen-bond donors (Lipinski definition) is 2. The van der Waals surface area contributed by atoms with E-state index in [1.54, 1.807) is 6.33 Å². The number of benzene rings is 1. The van der Waals surface area contributed by atoms with E-state index in [0.29, 0.717) is 5.69 Å². The van der Waals surface area contributed by atoms with Crippen molar-refractivity contribution in [3.05, 3.63) is 47.9 Å². The van der Waals surface area contributed by atoms with Crippen molar-refractivity contribution in [3.8, 4) is 11.4 Å². The Hall–Kier alpha value is -1.95. The maximum absolute atomic E-state index is 6.17. The lowest BCUT2D eigenvalue weighted by atomic mass is 10.1. The molecule has 1 aromatic carbocycles. The molecule has 5 nitrogen and oxygen atoms in total. The van der Waals surface area contributed by atoms with Crippen molar-refractivity contribution in [1.82, 2.24) is 20.3 Å². The molecule has 7 heteroatoms. The van der Waals surface area contributed by atoms with Crippen molar-refractivity contribution in [2.24, 2.45) is 0 Å². The van der Waals surface area contributed by atoms with E-state index in [9.17, 15) is 0 Å². The molecule has 0 unspecified atom stereocenters. The number of nitrogens with two attached hydrogens (primary N) is 1. The van der Waals surface area contributed by atoms with Gasteiger partial charge in [0, 0.05) is 24.0 Å². The number of rotatable bonds is 1. The van der Waals surface area contributed by atoms with Gasteiger partial charge < -0.3 is 11.1 Å². The number of aromatic nitrogens is 3. The molecule has 0 atom stereocenters. The molecule has 114 valence electrons. The second-order valence-corrected chi connectivity index (χ2v) is 4.87. The first-order valence-corrected chi connectivity index (χ1v) is 6.52. The van der Waals surface area contributed by atoms with Gasteiger partial charge in [0.05, 0.1) is 22.6 Å². The molecule has 0 fully saturated rings. The number of nitrogens with one attached hydrogen (secondary N) is 1. The first kappa shape index (κ1) is 16.4. The second-order valence-electron chi connectivity index (χ2n) is 4.87. The van der Waals surface area contributed by atoms with Gasteiger partial charge >= 0.3 is 0 Å². The number of hydrogen-bond acceptors (Lipinski definition) is 5. The molecular formula is C15H15Cl2N5. The molecule has 0 saturated heterocycles. The molecule has 22 heavy (non-hydrogen) atoms. The summed E-state index contributed by atoms with van der Waals surface area (Å²) in [5.41, 5.74) is 11.5. The summed E-state index contributed by atoms with van der Waals surface area (Å²) < 4.78 is 0. The number of para-hydroxylation sites is 1. The lowest BCUT2D eigenvalue weighted by Gasteiger charge is -2.09. The second kappa shape index (κ2) is 6.44. The highest BCUT2D eigenvalue weighted by Crippen LogP contribution is 2.30. The molecule has 1 aliphatic rings. The fourth-order valence-electron chi connectivity index (χ4n) is 2.62. The van der Waals surface area contributed by atoms with Crippen molar-refractivity contribution < 1.29 is 0 Å². The summed E-state index contributed by atoms with van der Waals surface area (Å²) in [6, 6.07) is 9.90. The number of nitrogen functional groups attached to an aromatic ring is 1. The Morgan fingerprint density at radius 3 is 2.68 bits per heavy atom. The van der Waals surface area contributed by atoms with E-state index in [0.717, 1.165) is 46.6 Å². The lowest BCUT2D eigenvalue weighted by molar-refractivity contribution is 0.758. The van der Waals surface area contributed by atoms with Crippen LogP contribution in [0.15, 0.2) is 36.7 Å². The molecule has 0 amide bonds. The molecule has 2 aromatic heterocycles. The molecule has 3 heterocycles. The van der Waals surface area contributed by atoms with Crippen LogP contribution in [0.2, 0.25) is 0 Å². The van der Waals surface area contributed by atoms with Crippen molar-refractivity contribution >= 4 is 41.4 Å². The Morgan fingerprint density at radius 2 is 1.82 bits per heavy atom. The number of pyridine rings is 1. The Balaban J connectivity index is 0.000000882. The Bertz CT molecular complexity index is 822. The summed E-state index contributed by atoms with van der Waals surface area (Å²) in [5, 5.41) is 4.32. The van der Waals surface area contributed by atoms with Crippen molar-refractivity contribution in [3.63, 3.8) is 0 Å². The Labute approximate surface area is 140 Å². The predicted molar refractivity (Wildman–Crippen MR) is 92.2 cm³/mol. The van der Waals surface area contributed by atoms with Crippen LogP contribution in [0.5, 0.6) is 0 Å². The van der Waals surface area contributed by atoms with E-state index in [4.69, 9.17) is 5.73 Å². The number of anilines is 1. The van der Waals surface area contributed by atoms with Crippen LogP contribution in [0, 0.1) is 0 Å². The first-order valence-electron chi connectivity index (χ1n) is 6.52. The highest BCUT2D eigenvalue weighted by atomic mass is 35.5. The minimum absolute atomic E-state index is 0. The highest BCUT2D eigenvalue weighted by molar-refractivity contribution is 5.88. The normalized spacial score (nSPS) is 12.4. The fraction of sp³-hybridized carbons (Fsp3) is 0.133. The number of halogens is 2. The van der Waals surface area contributed by atoms with Crippen LogP contribution in [0.4, 0.5) is 5.69 Å². The highest BCUT2D eigenvalue weighted by Gasteiger charge is 2.20. The third-order valence-corrected chi connectivity index (χ3v) is 3.61. The topological polar surface area (TPSA) is 76.7 Å². The largest absolute Gasteiger partial charge is 0.397 e. The molecule has 1 aliphatic heterocycles. The van der Waals surface area contributed by atoms with Crippen LogP contribution in [0.3, 0.4) is 0 Å². The molecule has 3 aromatic rings. The van der Waals surface area contributed by atoms with Gasteiger partial charge in [-0.25, -0.2) is 15.0 Å². The zero-order valence-electron chi connectivity index (χ0n) is 11.6. The Kier molecular flexibility index (Phi) is 4.81. The molecule has 0 spiro atoms. The van der Waals surface area contributed by atoms with Gasteiger partial charge in [0.1, 0.15) is 12.0 Å². The third kappa shape index (κ3) is 2.59. The molecule has 4 rings (SSSR count). The van der Waals surface area contributed by atoms with Crippen LogP contribution in [0.25, 0.3) is 22.3 Å². The SMILES string of the molecule is Cl.Cl.Nc1cc2ccccc2nc1-c1ncnc2c1CNC2. The van der Waals surface area contributed by atoms with Gasteiger partial charge in [-0.15, -0.1) is 24.8 Å². The predicted octanol–water partition coefficient (Wildman–Crippen LogP) is 2.72. The fourth-order valence-corrected chi connectivity index (χ4v) is 2.62. The van der Waals surface area contributed by atoms with Gasteiger partial charge in [-0.3, -0.25) is 0 Å². The van der Waals surface area contributed by atoms with Crippen LogP contribution in [0.1, 0.15) is 11.3 Å². The minimum atomic E-state index is 0. The third-order valence-electron chi connectivity index (χ3n) is 3.61. The first-order chi connectivity index (χ1) is 9.83. The van der Waals surface area contributed by atoms with Gasteiger partial charge in [0.15, 0.2) is 0 Å². The van der Waals surface area contributed by atoms with Crippen LogP contribution in [-0.4, -0.2) is 15.0 Å². The van der Waals surface area contributed by atoms with Gasteiger partial charge in [-0.05, 0) is 12.1 Å². The molecule has 0 radical (unpaired) electrons. The van der Waals surface area contributed by atoms with Gasteiger partial charge in [-0.1, -0.05) is 18.2 Å². The summed E-state index contributed by atoms with van der Waals surface area (Å²) in [6.07, 6.45) is 1.58. The van der Waals surface area contributed by atoms with Crippen LogP contribution >= 0.6 is 24.8 Å². The van der Waals surface area contributed by atoms with E-state index >= 15 is 0 Å². The summed E-state index contributed by atoms with van der Waals surface area (Å²) in [4.78, 5) is 13.4. The van der Waals surface area contributed by atoms with Gasteiger partial charge in [0.2, 0.25) is 0 Å². The minimum Gasteiger partial charge on any atom is -0.397 e. The Morgan fingerprint density at radius 1 is 1.00 bits per heavy atom. The average molecular weight is 336 g/mol. The zero-order chi connectivity index (χ0) is 13.5. The van der Waals surface area contributed by atoms with Crippen LogP contribution in [-0.2, 0) is 13.1 Å². The molecule has 0 bridgehead atoms. The van der Waals surface area contributed by atoms with E-state index in [2.05, 4.69) is 20.3 Å². The van der Waals surface area contributed by atoms with E-state index in [1.165, 1.54) is 0 Å². The number of nitrogens with zero attached hydrogens (tertiary/aromatic N) is 3. The summed E-state index contributed by atoms with van der Waals surface area (Å²) in [7, 11) is 0. The lowest BCUT2D eigenvalue weighted by Crippen LogP contribution is -2.02. The molecular weight excluding hydrogens is 321 g/mol. The van der Waals surface area contributed by atoms with Gasteiger partial charge in [-0.2, -0.15) is 0 Å². The molecule has 0 saturated carbocycles. The molecule has 0 aliphatic carbocycles. The smallest absolute Gasteiger partial charge is 0.116 e. The van der Waals surface area contributed by atoms with E-state index < -0.39 is 0 Å². The summed E-state index contributed by atoms with van der Waals surface area (Å²) in [5.74, 6) is 0. The van der Waals surface area contributed by atoms with Crippen molar-refractivity contribution in [2.75, 3.05) is 5.73 Å². The summed E-state index contributed by atoms with van der Waals surface area (Å²) in [6.45, 7) is 1.54. The van der Waals surface area contributed by atoms with Crippen molar-refractivity contribution in [1.29, 1.82) is 0 Å². The summed E-state index contributed by atoms with van der Waals surface area (Å²) >= 11 is 0. The molecule has 3 N–H and O–H groups in total. The van der Waals surface area contributed by atoms with Crippen LogP contribution < -0.4 is 11.1 Å². The maximum atomic E-state index is 6.17. The maximum Gasteiger partial charge on any atom is 0.116 e. The number of fused-ring (bicyclic) bond motifs is 2. The van der Waals surface area contributed by atoms with E-state index in [1.807, 2.05) is 30.3 Å². The quantitative estimate of drug-likeness (QED) is 0.715. The van der Waals surface area contributed by atoms with Crippen molar-refractivity contribution in [2.45, 2.75) is 13.1 Å².